The Hall–Kier alpha value is -2.31. The number of methoxy groups -OCH3 is 1. The predicted octanol–water partition coefficient (Wildman–Crippen LogP) is 5.72. The predicted molar refractivity (Wildman–Crippen MR) is 121 cm³/mol. The second-order valence-electron chi connectivity index (χ2n) is 7.10. The van der Waals surface area contributed by atoms with Gasteiger partial charge in [-0.1, -0.05) is 43.5 Å². The van der Waals surface area contributed by atoms with Crippen molar-refractivity contribution in [1.29, 1.82) is 0 Å². The van der Waals surface area contributed by atoms with Gasteiger partial charge >= 0.3 is 0 Å². The molecule has 1 N–H and O–H groups in total. The quantitative estimate of drug-likeness (QED) is 0.232. The minimum absolute atomic E-state index is 0.0795. The molecule has 1 aliphatic rings. The Bertz CT molecular complexity index is 987. The number of hydrogen-bond acceptors (Lipinski definition) is 4. The van der Waals surface area contributed by atoms with Gasteiger partial charge in [-0.15, -0.1) is 0 Å². The lowest BCUT2D eigenvalue weighted by atomic mass is 9.95. The number of carbonyl (C=O) groups is 2. The lowest BCUT2D eigenvalue weighted by molar-refractivity contribution is -0.139. The molecule has 0 spiro atoms. The van der Waals surface area contributed by atoms with Gasteiger partial charge in [0, 0.05) is 17.1 Å². The summed E-state index contributed by atoms with van der Waals surface area (Å²) in [6.07, 6.45) is 2.72. The van der Waals surface area contributed by atoms with Crippen LogP contribution in [-0.2, 0) is 9.59 Å². The van der Waals surface area contributed by atoms with Gasteiger partial charge in [-0.2, -0.15) is 0 Å². The minimum Gasteiger partial charge on any atom is -0.507 e. The van der Waals surface area contributed by atoms with Crippen molar-refractivity contribution in [1.82, 2.24) is 4.90 Å². The van der Waals surface area contributed by atoms with Crippen LogP contribution in [0.2, 0.25) is 5.02 Å². The van der Waals surface area contributed by atoms with Crippen molar-refractivity contribution in [3.8, 4) is 5.75 Å². The van der Waals surface area contributed by atoms with E-state index in [1.54, 1.807) is 54.5 Å². The summed E-state index contributed by atoms with van der Waals surface area (Å²) in [7, 11) is 1.54. The Morgan fingerprint density at radius 1 is 1.17 bits per heavy atom. The van der Waals surface area contributed by atoms with Crippen molar-refractivity contribution in [2.75, 3.05) is 13.7 Å². The number of amides is 1. The van der Waals surface area contributed by atoms with E-state index in [1.165, 1.54) is 0 Å². The molecular formula is C23H23BrClNO4. The van der Waals surface area contributed by atoms with Crippen LogP contribution in [0, 0.1) is 0 Å². The monoisotopic (exact) mass is 491 g/mol. The Labute approximate surface area is 189 Å². The van der Waals surface area contributed by atoms with Crippen molar-refractivity contribution in [3.63, 3.8) is 0 Å². The zero-order chi connectivity index (χ0) is 21.8. The molecule has 1 saturated heterocycles. The number of rotatable bonds is 7. The number of aliphatic hydroxyl groups excluding tert-OH is 1. The van der Waals surface area contributed by atoms with Gasteiger partial charge in [0.2, 0.25) is 0 Å². The van der Waals surface area contributed by atoms with Crippen LogP contribution in [0.4, 0.5) is 0 Å². The molecule has 1 fully saturated rings. The SMILES string of the molecule is CCCCCN1C(=O)C(=O)/C(=C(\O)c2ccc(OC)c(Br)c2)C1c1ccc(Cl)cc1. The summed E-state index contributed by atoms with van der Waals surface area (Å²) in [6, 6.07) is 11.3. The van der Waals surface area contributed by atoms with E-state index in [2.05, 4.69) is 22.9 Å². The van der Waals surface area contributed by atoms with Crippen LogP contribution in [0.5, 0.6) is 5.75 Å². The van der Waals surface area contributed by atoms with Gasteiger partial charge in [-0.25, -0.2) is 0 Å². The third kappa shape index (κ3) is 4.40. The van der Waals surface area contributed by atoms with E-state index in [0.717, 1.165) is 24.8 Å². The number of ether oxygens (including phenoxy) is 1. The number of nitrogens with zero attached hydrogens (tertiary/aromatic N) is 1. The summed E-state index contributed by atoms with van der Waals surface area (Å²) in [5.74, 6) is -0.897. The first-order chi connectivity index (χ1) is 14.4. The summed E-state index contributed by atoms with van der Waals surface area (Å²) < 4.78 is 5.86. The van der Waals surface area contributed by atoms with Crippen molar-refractivity contribution in [3.05, 3.63) is 68.7 Å². The third-order valence-corrected chi connectivity index (χ3v) is 6.03. The van der Waals surface area contributed by atoms with E-state index in [0.29, 0.717) is 27.4 Å². The van der Waals surface area contributed by atoms with E-state index >= 15 is 0 Å². The summed E-state index contributed by atoms with van der Waals surface area (Å²) in [4.78, 5) is 27.3. The summed E-state index contributed by atoms with van der Waals surface area (Å²) in [6.45, 7) is 2.52. The number of unbranched alkanes of at least 4 members (excludes halogenated alkanes) is 2. The minimum atomic E-state index is -0.684. The second kappa shape index (κ2) is 9.67. The number of hydrogen-bond donors (Lipinski definition) is 1. The van der Waals surface area contributed by atoms with Crippen molar-refractivity contribution in [2.45, 2.75) is 32.2 Å². The topological polar surface area (TPSA) is 66.8 Å². The van der Waals surface area contributed by atoms with Crippen molar-refractivity contribution in [2.24, 2.45) is 0 Å². The molecule has 2 aromatic carbocycles. The first kappa shape index (κ1) is 22.4. The number of carbonyl (C=O) groups excluding carboxylic acids is 2. The standard InChI is InChI=1S/C23H23BrClNO4/c1-3-4-5-12-26-20(14-6-9-16(25)10-7-14)19(22(28)23(26)29)21(27)15-8-11-18(30-2)17(24)13-15/h6-11,13,20,27H,3-5,12H2,1-2H3/b21-19-. The molecule has 30 heavy (non-hydrogen) atoms. The largest absolute Gasteiger partial charge is 0.507 e. The van der Waals surface area contributed by atoms with Crippen LogP contribution in [0.3, 0.4) is 0 Å². The molecule has 0 bridgehead atoms. The van der Waals surface area contributed by atoms with Gasteiger partial charge in [-0.3, -0.25) is 9.59 Å². The van der Waals surface area contributed by atoms with E-state index in [9.17, 15) is 14.7 Å². The molecule has 0 saturated carbocycles. The summed E-state index contributed by atoms with van der Waals surface area (Å²) in [5.41, 5.74) is 1.23. The Kier molecular flexibility index (Phi) is 7.21. The van der Waals surface area contributed by atoms with Crippen LogP contribution in [-0.4, -0.2) is 35.4 Å². The average Bonchev–Trinajstić information content (AvgIpc) is 2.99. The van der Waals surface area contributed by atoms with Crippen LogP contribution in [0.1, 0.15) is 43.4 Å². The summed E-state index contributed by atoms with van der Waals surface area (Å²) in [5, 5.41) is 11.6. The number of likely N-dealkylation sites (tertiary alicyclic amines) is 1. The fourth-order valence-corrected chi connectivity index (χ4v) is 4.27. The van der Waals surface area contributed by atoms with Crippen molar-refractivity contribution >= 4 is 45.0 Å². The number of Topliss-reactive ketones (excluding diaryl/α,β-unsaturated/α-hetero) is 1. The first-order valence-corrected chi connectivity index (χ1v) is 10.9. The number of aliphatic hydroxyl groups is 1. The molecule has 1 amide bonds. The molecule has 1 heterocycles. The fourth-order valence-electron chi connectivity index (χ4n) is 3.60. The summed E-state index contributed by atoms with van der Waals surface area (Å²) >= 11 is 9.43. The van der Waals surface area contributed by atoms with Crippen LogP contribution >= 0.6 is 27.5 Å². The van der Waals surface area contributed by atoms with Crippen LogP contribution in [0.25, 0.3) is 5.76 Å². The Balaban J connectivity index is 2.12. The van der Waals surface area contributed by atoms with Gasteiger partial charge in [0.05, 0.1) is 23.2 Å². The molecule has 1 atom stereocenters. The van der Waals surface area contributed by atoms with Crippen LogP contribution in [0.15, 0.2) is 52.5 Å². The van der Waals surface area contributed by atoms with Gasteiger partial charge < -0.3 is 14.7 Å². The Morgan fingerprint density at radius 3 is 2.47 bits per heavy atom. The molecule has 0 radical (unpaired) electrons. The molecule has 1 unspecified atom stereocenters. The van der Waals surface area contributed by atoms with E-state index in [4.69, 9.17) is 16.3 Å². The number of ketones is 1. The highest BCUT2D eigenvalue weighted by molar-refractivity contribution is 9.10. The maximum Gasteiger partial charge on any atom is 0.295 e. The molecule has 0 aromatic heterocycles. The third-order valence-electron chi connectivity index (χ3n) is 5.15. The lowest BCUT2D eigenvalue weighted by Gasteiger charge is -2.25. The van der Waals surface area contributed by atoms with Gasteiger partial charge in [0.1, 0.15) is 11.5 Å². The fraction of sp³-hybridized carbons (Fsp3) is 0.304. The van der Waals surface area contributed by atoms with Crippen molar-refractivity contribution < 1.29 is 19.4 Å². The molecule has 3 rings (SSSR count). The van der Waals surface area contributed by atoms with E-state index in [-0.39, 0.29) is 11.3 Å². The highest BCUT2D eigenvalue weighted by Crippen LogP contribution is 2.40. The average molecular weight is 493 g/mol. The van der Waals surface area contributed by atoms with Gasteiger partial charge in [0.25, 0.3) is 11.7 Å². The smallest absolute Gasteiger partial charge is 0.295 e. The number of benzene rings is 2. The van der Waals surface area contributed by atoms with E-state index < -0.39 is 17.7 Å². The first-order valence-electron chi connectivity index (χ1n) is 9.76. The number of halogens is 2. The molecular weight excluding hydrogens is 470 g/mol. The normalized spacial score (nSPS) is 18.1. The van der Waals surface area contributed by atoms with E-state index in [1.807, 2.05) is 0 Å². The van der Waals surface area contributed by atoms with Gasteiger partial charge in [-0.05, 0) is 58.2 Å². The lowest BCUT2D eigenvalue weighted by Crippen LogP contribution is -2.30. The maximum absolute atomic E-state index is 13.0. The second-order valence-corrected chi connectivity index (χ2v) is 8.39. The molecule has 0 aliphatic carbocycles. The van der Waals surface area contributed by atoms with Gasteiger partial charge in [0.15, 0.2) is 0 Å². The molecule has 7 heteroatoms. The maximum atomic E-state index is 13.0. The molecule has 5 nitrogen and oxygen atoms in total. The highest BCUT2D eigenvalue weighted by atomic mass is 79.9. The molecule has 2 aromatic rings. The molecule has 158 valence electrons. The zero-order valence-electron chi connectivity index (χ0n) is 16.8. The molecule has 1 aliphatic heterocycles. The highest BCUT2D eigenvalue weighted by Gasteiger charge is 2.45. The zero-order valence-corrected chi connectivity index (χ0v) is 19.2. The van der Waals surface area contributed by atoms with Crippen LogP contribution < -0.4 is 4.74 Å². The Morgan fingerprint density at radius 2 is 1.87 bits per heavy atom.